The van der Waals surface area contributed by atoms with Gasteiger partial charge in [0.15, 0.2) is 0 Å². The fourth-order valence-corrected chi connectivity index (χ4v) is 4.89. The Bertz CT molecular complexity index is 1340. The lowest BCUT2D eigenvalue weighted by Crippen LogP contribution is -2.38. The number of rotatable bonds is 11. The number of ketones is 1. The van der Waals surface area contributed by atoms with Gasteiger partial charge < -0.3 is 24.4 Å². The highest BCUT2D eigenvalue weighted by Crippen LogP contribution is 2.40. The molecule has 4 rings (SSSR count). The lowest BCUT2D eigenvalue weighted by atomic mass is 9.95. The van der Waals surface area contributed by atoms with E-state index in [1.165, 1.54) is 0 Å². The molecule has 0 bridgehead atoms. The minimum Gasteiger partial charge on any atom is -0.507 e. The first-order chi connectivity index (χ1) is 18.9. The standard InChI is InChI=1S/C32H36N2O5/c1-5-33(6-2)17-18-34-29(25-11-8-12-27(20-25)38-4)28(31(36)32(34)37)30(35)24-13-15-26(16-14-24)39-21-23-10-7-9-22(3)19-23/h7-16,19-20,29,35H,5-6,17-18,21H2,1-4H3/b30-28+. The second-order valence-electron chi connectivity index (χ2n) is 9.60. The van der Waals surface area contributed by atoms with Gasteiger partial charge >= 0.3 is 0 Å². The van der Waals surface area contributed by atoms with Crippen LogP contribution in [0.3, 0.4) is 0 Å². The molecule has 1 aliphatic rings. The third kappa shape index (κ3) is 6.32. The molecule has 1 N–H and O–H groups in total. The number of aliphatic hydroxyl groups excluding tert-OH is 1. The van der Waals surface area contributed by atoms with Gasteiger partial charge in [-0.15, -0.1) is 0 Å². The first-order valence-corrected chi connectivity index (χ1v) is 13.3. The van der Waals surface area contributed by atoms with Crippen molar-refractivity contribution in [2.45, 2.75) is 33.4 Å². The third-order valence-corrected chi connectivity index (χ3v) is 7.12. The molecule has 0 radical (unpaired) electrons. The number of likely N-dealkylation sites (tertiary alicyclic amines) is 1. The molecule has 1 heterocycles. The number of aryl methyl sites for hydroxylation is 1. The Morgan fingerprint density at radius 1 is 0.949 bits per heavy atom. The molecule has 0 spiro atoms. The Balaban J connectivity index is 1.65. The van der Waals surface area contributed by atoms with Crippen molar-refractivity contribution < 1.29 is 24.2 Å². The number of carbonyl (C=O) groups excluding carboxylic acids is 2. The second kappa shape index (κ2) is 12.6. The van der Waals surface area contributed by atoms with Gasteiger partial charge in [-0.2, -0.15) is 0 Å². The van der Waals surface area contributed by atoms with Gasteiger partial charge in [0.25, 0.3) is 11.7 Å². The number of likely N-dealkylation sites (N-methyl/N-ethyl adjacent to an activating group) is 1. The molecule has 7 nitrogen and oxygen atoms in total. The Morgan fingerprint density at radius 3 is 2.33 bits per heavy atom. The molecule has 0 aromatic heterocycles. The number of nitrogens with zero attached hydrogens (tertiary/aromatic N) is 2. The van der Waals surface area contributed by atoms with Crippen LogP contribution in [0.5, 0.6) is 11.5 Å². The molecule has 0 saturated carbocycles. The van der Waals surface area contributed by atoms with Crippen molar-refractivity contribution in [2.75, 3.05) is 33.3 Å². The molecule has 7 heteroatoms. The van der Waals surface area contributed by atoms with E-state index in [1.807, 2.05) is 37.3 Å². The molecule has 39 heavy (non-hydrogen) atoms. The SMILES string of the molecule is CCN(CC)CCN1C(=O)C(=O)/C(=C(/O)c2ccc(OCc3cccc(C)c3)cc2)C1c1cccc(OC)c1. The molecule has 3 aromatic rings. The summed E-state index contributed by atoms with van der Waals surface area (Å²) < 4.78 is 11.3. The van der Waals surface area contributed by atoms with E-state index in [0.29, 0.717) is 42.3 Å². The fraction of sp³-hybridized carbons (Fsp3) is 0.312. The molecular weight excluding hydrogens is 492 g/mol. The third-order valence-electron chi connectivity index (χ3n) is 7.12. The van der Waals surface area contributed by atoms with Crippen LogP contribution < -0.4 is 9.47 Å². The largest absolute Gasteiger partial charge is 0.507 e. The van der Waals surface area contributed by atoms with E-state index < -0.39 is 17.7 Å². The summed E-state index contributed by atoms with van der Waals surface area (Å²) in [5, 5.41) is 11.4. The second-order valence-corrected chi connectivity index (χ2v) is 9.60. The molecule has 1 fully saturated rings. The molecule has 0 aliphatic carbocycles. The number of hydrogen-bond acceptors (Lipinski definition) is 6. The molecule has 1 atom stereocenters. The van der Waals surface area contributed by atoms with Gasteiger partial charge in [0.05, 0.1) is 18.7 Å². The average Bonchev–Trinajstić information content (AvgIpc) is 3.21. The first-order valence-electron chi connectivity index (χ1n) is 13.3. The summed E-state index contributed by atoms with van der Waals surface area (Å²) in [5.74, 6) is -0.278. The zero-order chi connectivity index (χ0) is 27.9. The summed E-state index contributed by atoms with van der Waals surface area (Å²) in [6.45, 7) is 9.22. The number of methoxy groups -OCH3 is 1. The van der Waals surface area contributed by atoms with E-state index in [1.54, 1.807) is 48.4 Å². The van der Waals surface area contributed by atoms with E-state index in [2.05, 4.69) is 24.8 Å². The number of aliphatic hydroxyl groups is 1. The Morgan fingerprint density at radius 2 is 1.67 bits per heavy atom. The van der Waals surface area contributed by atoms with E-state index >= 15 is 0 Å². The van der Waals surface area contributed by atoms with Crippen LogP contribution in [-0.4, -0.2) is 59.9 Å². The van der Waals surface area contributed by atoms with Crippen molar-refractivity contribution in [1.29, 1.82) is 0 Å². The summed E-state index contributed by atoms with van der Waals surface area (Å²) in [4.78, 5) is 30.3. The van der Waals surface area contributed by atoms with Crippen LogP contribution >= 0.6 is 0 Å². The zero-order valence-corrected chi connectivity index (χ0v) is 23.0. The number of Topliss-reactive ketones (excluding diaryl/α,β-unsaturated/α-hetero) is 1. The van der Waals surface area contributed by atoms with Crippen LogP contribution in [-0.2, 0) is 16.2 Å². The van der Waals surface area contributed by atoms with Crippen molar-refractivity contribution in [3.63, 3.8) is 0 Å². The fourth-order valence-electron chi connectivity index (χ4n) is 4.89. The highest BCUT2D eigenvalue weighted by molar-refractivity contribution is 6.46. The maximum absolute atomic E-state index is 13.3. The number of amides is 1. The molecule has 1 amide bonds. The van der Waals surface area contributed by atoms with Gasteiger partial charge in [-0.3, -0.25) is 9.59 Å². The van der Waals surface area contributed by atoms with Crippen LogP contribution in [0.15, 0.2) is 78.4 Å². The van der Waals surface area contributed by atoms with Gasteiger partial charge in [-0.1, -0.05) is 55.8 Å². The van der Waals surface area contributed by atoms with Crippen LogP contribution in [0.4, 0.5) is 0 Å². The van der Waals surface area contributed by atoms with Crippen LogP contribution in [0.1, 0.15) is 42.1 Å². The van der Waals surface area contributed by atoms with Gasteiger partial charge in [0.2, 0.25) is 0 Å². The Hall–Kier alpha value is -4.10. The van der Waals surface area contributed by atoms with E-state index in [9.17, 15) is 14.7 Å². The molecule has 1 saturated heterocycles. The van der Waals surface area contributed by atoms with Crippen LogP contribution in [0, 0.1) is 6.92 Å². The maximum atomic E-state index is 13.3. The minimum atomic E-state index is -0.729. The molecule has 1 unspecified atom stereocenters. The van der Waals surface area contributed by atoms with Gasteiger partial charge in [0.1, 0.15) is 23.9 Å². The molecule has 204 valence electrons. The maximum Gasteiger partial charge on any atom is 0.295 e. The first kappa shape index (κ1) is 27.9. The molecule has 1 aliphatic heterocycles. The summed E-state index contributed by atoms with van der Waals surface area (Å²) in [6, 6.07) is 21.5. The lowest BCUT2D eigenvalue weighted by Gasteiger charge is -2.28. The highest BCUT2D eigenvalue weighted by Gasteiger charge is 2.46. The number of carbonyl (C=O) groups is 2. The Kier molecular flexibility index (Phi) is 9.04. The predicted molar refractivity (Wildman–Crippen MR) is 152 cm³/mol. The van der Waals surface area contributed by atoms with Gasteiger partial charge in [-0.25, -0.2) is 0 Å². The van der Waals surface area contributed by atoms with Crippen LogP contribution in [0.25, 0.3) is 5.76 Å². The average molecular weight is 529 g/mol. The molecular formula is C32H36N2O5. The van der Waals surface area contributed by atoms with Crippen molar-refractivity contribution in [1.82, 2.24) is 9.80 Å². The lowest BCUT2D eigenvalue weighted by molar-refractivity contribution is -0.140. The van der Waals surface area contributed by atoms with Gasteiger partial charge in [0, 0.05) is 18.7 Å². The van der Waals surface area contributed by atoms with E-state index in [0.717, 1.165) is 24.2 Å². The number of ether oxygens (including phenoxy) is 2. The summed E-state index contributed by atoms with van der Waals surface area (Å²) >= 11 is 0. The van der Waals surface area contributed by atoms with Crippen LogP contribution in [0.2, 0.25) is 0 Å². The quantitative estimate of drug-likeness (QED) is 0.205. The summed E-state index contributed by atoms with van der Waals surface area (Å²) in [7, 11) is 1.57. The normalized spacial score (nSPS) is 16.6. The number of benzene rings is 3. The zero-order valence-electron chi connectivity index (χ0n) is 23.0. The topological polar surface area (TPSA) is 79.3 Å². The minimum absolute atomic E-state index is 0.0706. The highest BCUT2D eigenvalue weighted by atomic mass is 16.5. The van der Waals surface area contributed by atoms with E-state index in [4.69, 9.17) is 9.47 Å². The van der Waals surface area contributed by atoms with Crippen molar-refractivity contribution in [3.05, 3.63) is 101 Å². The van der Waals surface area contributed by atoms with Crippen molar-refractivity contribution in [2.24, 2.45) is 0 Å². The monoisotopic (exact) mass is 528 g/mol. The predicted octanol–water partition coefficient (Wildman–Crippen LogP) is 5.35. The van der Waals surface area contributed by atoms with Crippen molar-refractivity contribution in [3.8, 4) is 11.5 Å². The van der Waals surface area contributed by atoms with E-state index in [-0.39, 0.29) is 11.3 Å². The molecule has 3 aromatic carbocycles. The summed E-state index contributed by atoms with van der Waals surface area (Å²) in [6.07, 6.45) is 0. The smallest absolute Gasteiger partial charge is 0.295 e. The number of hydrogen-bond donors (Lipinski definition) is 1. The Labute approximate surface area is 230 Å². The van der Waals surface area contributed by atoms with Gasteiger partial charge in [-0.05, 0) is 67.5 Å². The summed E-state index contributed by atoms with van der Waals surface area (Å²) in [5.41, 5.74) is 3.43. The van der Waals surface area contributed by atoms with Crippen molar-refractivity contribution >= 4 is 17.4 Å².